The lowest BCUT2D eigenvalue weighted by molar-refractivity contribution is 0.666. The Balaban J connectivity index is 1.27. The van der Waals surface area contributed by atoms with Crippen LogP contribution in [-0.4, -0.2) is 24.1 Å². The van der Waals surface area contributed by atoms with Crippen LogP contribution in [0.3, 0.4) is 0 Å². The Labute approximate surface area is 326 Å². The van der Waals surface area contributed by atoms with Gasteiger partial charge in [-0.15, -0.1) is 0 Å². The van der Waals surface area contributed by atoms with Crippen LogP contribution < -0.4 is 0 Å². The van der Waals surface area contributed by atoms with Gasteiger partial charge in [-0.25, -0.2) is 4.98 Å². The van der Waals surface area contributed by atoms with Crippen molar-refractivity contribution < 1.29 is 4.42 Å². The van der Waals surface area contributed by atoms with E-state index in [2.05, 4.69) is 130 Å². The molecule has 0 saturated heterocycles. The molecule has 266 valence electrons. The normalized spacial score (nSPS) is 11.9. The number of hydrogen-bond acceptors (Lipinski definition) is 4. The third-order valence-corrected chi connectivity index (χ3v) is 11.2. The molecule has 12 rings (SSSR count). The maximum Gasteiger partial charge on any atom is 0.238 e. The summed E-state index contributed by atoms with van der Waals surface area (Å²) in [5.41, 5.74) is 10.9. The molecule has 0 saturated carbocycles. The second-order valence-corrected chi connectivity index (χ2v) is 14.4. The van der Waals surface area contributed by atoms with E-state index < -0.39 is 0 Å². The van der Waals surface area contributed by atoms with E-state index in [1.165, 1.54) is 0 Å². The van der Waals surface area contributed by atoms with E-state index in [9.17, 15) is 0 Å². The van der Waals surface area contributed by atoms with Crippen molar-refractivity contribution in [1.82, 2.24) is 24.1 Å². The van der Waals surface area contributed by atoms with Gasteiger partial charge in [-0.1, -0.05) is 158 Å². The van der Waals surface area contributed by atoms with E-state index in [0.29, 0.717) is 17.6 Å². The number of benzene rings is 8. The second-order valence-electron chi connectivity index (χ2n) is 14.4. The third kappa shape index (κ3) is 4.81. The molecule has 0 amide bonds. The highest BCUT2D eigenvalue weighted by atomic mass is 16.3. The average molecular weight is 730 g/mol. The number of rotatable bonds is 5. The van der Waals surface area contributed by atoms with E-state index in [1.54, 1.807) is 0 Å². The van der Waals surface area contributed by atoms with Crippen molar-refractivity contribution in [1.29, 1.82) is 0 Å². The van der Waals surface area contributed by atoms with Crippen LogP contribution in [0, 0.1) is 0 Å². The van der Waals surface area contributed by atoms with Crippen molar-refractivity contribution in [3.8, 4) is 45.5 Å². The van der Waals surface area contributed by atoms with Gasteiger partial charge in [-0.2, -0.15) is 9.97 Å². The molecule has 0 unspecified atom stereocenters. The Hall–Kier alpha value is -7.83. The zero-order valence-corrected chi connectivity index (χ0v) is 30.5. The van der Waals surface area contributed by atoms with Gasteiger partial charge < -0.3 is 8.98 Å². The average Bonchev–Trinajstić information content (AvgIpc) is 3.95. The molecule has 4 aromatic heterocycles. The Bertz CT molecular complexity index is 3450. The summed E-state index contributed by atoms with van der Waals surface area (Å²) in [5.74, 6) is 1.76. The highest BCUT2D eigenvalue weighted by Gasteiger charge is 2.25. The van der Waals surface area contributed by atoms with Gasteiger partial charge in [-0.05, 0) is 41.5 Å². The van der Waals surface area contributed by atoms with Crippen molar-refractivity contribution in [2.24, 2.45) is 0 Å². The molecule has 0 aliphatic heterocycles. The maximum atomic E-state index is 6.85. The summed E-state index contributed by atoms with van der Waals surface area (Å²) in [6.07, 6.45) is 0. The van der Waals surface area contributed by atoms with Crippen molar-refractivity contribution in [3.63, 3.8) is 0 Å². The van der Waals surface area contributed by atoms with E-state index in [0.717, 1.165) is 93.5 Å². The summed E-state index contributed by atoms with van der Waals surface area (Å²) in [6, 6.07) is 65.5. The van der Waals surface area contributed by atoms with Gasteiger partial charge >= 0.3 is 0 Å². The number of fused-ring (bicyclic) bond motifs is 10. The standard InChI is InChI=1S/C51H31N5O/c1-4-16-32(17-5-1)35-30-41-38-24-12-15-27-45(38)57-48(41)44(31-35)55-42-25-13-10-22-36(42)39-28-29-40-37-23-11-14-26-43(37)56(47(40)46(39)55)51-53-49(33-18-6-2-7-19-33)52-50(54-51)34-20-8-3-9-21-34/h1-31H. The minimum Gasteiger partial charge on any atom is -0.454 e. The lowest BCUT2D eigenvalue weighted by Crippen LogP contribution is -2.07. The van der Waals surface area contributed by atoms with Gasteiger partial charge in [0.2, 0.25) is 5.95 Å². The van der Waals surface area contributed by atoms with Crippen LogP contribution in [0.1, 0.15) is 0 Å². The van der Waals surface area contributed by atoms with E-state index in [4.69, 9.17) is 19.4 Å². The minimum atomic E-state index is 0.546. The summed E-state index contributed by atoms with van der Waals surface area (Å²) < 4.78 is 11.5. The monoisotopic (exact) mass is 729 g/mol. The first kappa shape index (κ1) is 31.5. The van der Waals surface area contributed by atoms with Gasteiger partial charge in [0.05, 0.1) is 27.8 Å². The molecule has 8 aromatic carbocycles. The fourth-order valence-electron chi connectivity index (χ4n) is 8.63. The Morgan fingerprint density at radius 3 is 1.46 bits per heavy atom. The van der Waals surface area contributed by atoms with Crippen LogP contribution in [0.25, 0.3) is 111 Å². The number of para-hydroxylation sites is 3. The molecule has 6 nitrogen and oxygen atoms in total. The number of hydrogen-bond donors (Lipinski definition) is 0. The van der Waals surface area contributed by atoms with Crippen molar-refractivity contribution in [3.05, 3.63) is 188 Å². The molecule has 0 aliphatic carbocycles. The molecule has 0 fully saturated rings. The van der Waals surface area contributed by atoms with Crippen molar-refractivity contribution >= 4 is 65.6 Å². The first-order valence-electron chi connectivity index (χ1n) is 19.1. The molecule has 0 radical (unpaired) electrons. The van der Waals surface area contributed by atoms with Gasteiger partial charge in [0.25, 0.3) is 0 Å². The van der Waals surface area contributed by atoms with Crippen molar-refractivity contribution in [2.75, 3.05) is 0 Å². The first-order chi connectivity index (χ1) is 28.3. The summed E-state index contributed by atoms with van der Waals surface area (Å²) >= 11 is 0. The molecule has 0 aliphatic rings. The van der Waals surface area contributed by atoms with Crippen molar-refractivity contribution in [2.45, 2.75) is 0 Å². The predicted octanol–water partition coefficient (Wildman–Crippen LogP) is 13.0. The summed E-state index contributed by atoms with van der Waals surface area (Å²) in [5, 5.41) is 6.63. The van der Waals surface area contributed by atoms with Gasteiger partial charge in [-0.3, -0.25) is 4.57 Å². The fourth-order valence-corrected chi connectivity index (χ4v) is 8.63. The highest BCUT2D eigenvalue weighted by Crippen LogP contribution is 2.44. The quantitative estimate of drug-likeness (QED) is 0.177. The Morgan fingerprint density at radius 1 is 0.351 bits per heavy atom. The highest BCUT2D eigenvalue weighted by molar-refractivity contribution is 6.24. The van der Waals surface area contributed by atoms with Crippen LogP contribution in [0.15, 0.2) is 192 Å². The van der Waals surface area contributed by atoms with Gasteiger partial charge in [0.1, 0.15) is 5.58 Å². The molecule has 12 aromatic rings. The van der Waals surface area contributed by atoms with Gasteiger partial charge in [0, 0.05) is 43.4 Å². The first-order valence-corrected chi connectivity index (χ1v) is 19.1. The van der Waals surface area contributed by atoms with Crippen LogP contribution in [0.5, 0.6) is 0 Å². The van der Waals surface area contributed by atoms with Crippen LogP contribution in [-0.2, 0) is 0 Å². The fraction of sp³-hybridized carbons (Fsp3) is 0. The smallest absolute Gasteiger partial charge is 0.238 e. The van der Waals surface area contributed by atoms with Crippen LogP contribution in [0.4, 0.5) is 0 Å². The number of aromatic nitrogens is 5. The molecule has 57 heavy (non-hydrogen) atoms. The lowest BCUT2D eigenvalue weighted by atomic mass is 10.0. The third-order valence-electron chi connectivity index (χ3n) is 11.2. The topological polar surface area (TPSA) is 61.7 Å². The summed E-state index contributed by atoms with van der Waals surface area (Å²) in [6.45, 7) is 0. The molecular weight excluding hydrogens is 699 g/mol. The largest absolute Gasteiger partial charge is 0.454 e. The van der Waals surface area contributed by atoms with Gasteiger partial charge in [0.15, 0.2) is 17.2 Å². The Morgan fingerprint density at radius 2 is 0.842 bits per heavy atom. The summed E-state index contributed by atoms with van der Waals surface area (Å²) in [7, 11) is 0. The van der Waals surface area contributed by atoms with Crippen LogP contribution in [0.2, 0.25) is 0 Å². The second kappa shape index (κ2) is 12.3. The zero-order valence-electron chi connectivity index (χ0n) is 30.5. The predicted molar refractivity (Wildman–Crippen MR) is 232 cm³/mol. The van der Waals surface area contributed by atoms with E-state index in [1.807, 2.05) is 66.7 Å². The lowest BCUT2D eigenvalue weighted by Gasteiger charge is -2.14. The number of furan rings is 1. The van der Waals surface area contributed by atoms with E-state index >= 15 is 0 Å². The molecule has 0 N–H and O–H groups in total. The maximum absolute atomic E-state index is 6.85. The number of nitrogens with zero attached hydrogens (tertiary/aromatic N) is 5. The molecular formula is C51H31N5O. The minimum absolute atomic E-state index is 0.546. The summed E-state index contributed by atoms with van der Waals surface area (Å²) in [4.78, 5) is 15.6. The molecule has 6 heteroatoms. The van der Waals surface area contributed by atoms with E-state index in [-0.39, 0.29) is 0 Å². The Kier molecular flexibility index (Phi) is 6.83. The molecule has 4 heterocycles. The molecule has 0 atom stereocenters. The van der Waals surface area contributed by atoms with Crippen LogP contribution >= 0.6 is 0 Å². The zero-order chi connectivity index (χ0) is 37.5. The SMILES string of the molecule is c1ccc(-c2cc(-n3c4ccccc4c4ccc5c6ccccc6n(-c6nc(-c7ccccc7)nc(-c7ccccc7)n6)c5c43)c3oc4ccccc4c3c2)cc1. The molecule has 0 spiro atoms. The molecule has 0 bridgehead atoms.